The Morgan fingerprint density at radius 3 is 2.43 bits per heavy atom. The molecule has 28 heavy (non-hydrogen) atoms. The molecule has 2 heterocycles. The normalized spacial score (nSPS) is 37.2. The predicted octanol–water partition coefficient (Wildman–Crippen LogP) is -3.63. The van der Waals surface area contributed by atoms with Crippen LogP contribution in [-0.4, -0.2) is 116 Å². The number of imide groups is 1. The number of carbonyl (C=O) groups is 2. The number of rotatable bonds is 8. The molecule has 162 valence electrons. The number of aliphatic hydroxyl groups is 5. The summed E-state index contributed by atoms with van der Waals surface area (Å²) in [5.74, 6) is -0.563. The standard InChI is InChI=1S/C16H28N2O9S/c1-6(19)11(21)7(17)4-26-16-14(24)13(23)12(22)8(27-16)5-28-9-3-10(20)18(2)15(9)25/h6-9,11-14,16,19,21-24H,3-5,17H2,1-2H3/t6-,7+,8?,9?,11-,12+,13?,14?,16+/m1/s1. The molecule has 2 saturated heterocycles. The first-order valence-electron chi connectivity index (χ1n) is 8.89. The van der Waals surface area contributed by atoms with Crippen LogP contribution in [0.2, 0.25) is 0 Å². The van der Waals surface area contributed by atoms with Crippen LogP contribution in [0.15, 0.2) is 0 Å². The van der Waals surface area contributed by atoms with E-state index in [-0.39, 0.29) is 30.6 Å². The number of nitrogens with two attached hydrogens (primary N) is 1. The topological polar surface area (TPSA) is 183 Å². The summed E-state index contributed by atoms with van der Waals surface area (Å²) in [6.07, 6.45) is -9.16. The summed E-state index contributed by atoms with van der Waals surface area (Å²) in [6.45, 7) is 1.08. The molecule has 0 aromatic rings. The van der Waals surface area contributed by atoms with E-state index in [1.807, 2.05) is 0 Å². The Labute approximate surface area is 166 Å². The molecular formula is C16H28N2O9S. The fraction of sp³-hybridized carbons (Fsp3) is 0.875. The molecule has 2 aliphatic rings. The van der Waals surface area contributed by atoms with E-state index in [9.17, 15) is 35.1 Å². The number of nitrogens with zero attached hydrogens (tertiary/aromatic N) is 1. The van der Waals surface area contributed by atoms with Crippen molar-refractivity contribution in [1.82, 2.24) is 4.90 Å². The molecule has 0 radical (unpaired) electrons. The van der Waals surface area contributed by atoms with Gasteiger partial charge in [0, 0.05) is 19.2 Å². The van der Waals surface area contributed by atoms with Crippen LogP contribution in [-0.2, 0) is 19.1 Å². The first-order valence-corrected chi connectivity index (χ1v) is 9.94. The number of hydrogen-bond donors (Lipinski definition) is 6. The van der Waals surface area contributed by atoms with Crippen molar-refractivity contribution in [3.63, 3.8) is 0 Å². The van der Waals surface area contributed by atoms with Crippen molar-refractivity contribution >= 4 is 23.6 Å². The van der Waals surface area contributed by atoms with Crippen molar-refractivity contribution in [2.24, 2.45) is 5.73 Å². The average Bonchev–Trinajstić information content (AvgIpc) is 2.90. The molecular weight excluding hydrogens is 396 g/mol. The number of aliphatic hydroxyl groups excluding tert-OH is 5. The molecule has 2 fully saturated rings. The number of hydrogen-bond acceptors (Lipinski definition) is 11. The van der Waals surface area contributed by atoms with Gasteiger partial charge in [0.25, 0.3) is 0 Å². The Morgan fingerprint density at radius 2 is 1.89 bits per heavy atom. The molecule has 12 heteroatoms. The lowest BCUT2D eigenvalue weighted by Crippen LogP contribution is -2.59. The minimum absolute atomic E-state index is 0.0417. The van der Waals surface area contributed by atoms with Gasteiger partial charge in [-0.3, -0.25) is 14.5 Å². The molecule has 0 aromatic heterocycles. The summed E-state index contributed by atoms with van der Waals surface area (Å²) >= 11 is 1.11. The Bertz CT molecular complexity index is 566. The molecule has 0 spiro atoms. The van der Waals surface area contributed by atoms with Gasteiger partial charge in [-0.1, -0.05) is 0 Å². The largest absolute Gasteiger partial charge is 0.391 e. The minimum Gasteiger partial charge on any atom is -0.391 e. The highest BCUT2D eigenvalue weighted by atomic mass is 32.2. The molecule has 9 atom stereocenters. The summed E-state index contributed by atoms with van der Waals surface area (Å²) in [5.41, 5.74) is 5.70. The van der Waals surface area contributed by atoms with Gasteiger partial charge in [-0.15, -0.1) is 11.8 Å². The van der Waals surface area contributed by atoms with E-state index in [1.165, 1.54) is 14.0 Å². The third-order valence-corrected chi connectivity index (χ3v) is 6.15. The Morgan fingerprint density at radius 1 is 1.25 bits per heavy atom. The van der Waals surface area contributed by atoms with E-state index in [0.717, 1.165) is 16.7 Å². The van der Waals surface area contributed by atoms with Gasteiger partial charge in [0.1, 0.15) is 18.3 Å². The van der Waals surface area contributed by atoms with Crippen LogP contribution < -0.4 is 5.73 Å². The van der Waals surface area contributed by atoms with Gasteiger partial charge in [0.05, 0.1) is 36.2 Å². The van der Waals surface area contributed by atoms with Crippen LogP contribution in [0.4, 0.5) is 0 Å². The van der Waals surface area contributed by atoms with Crippen LogP contribution >= 0.6 is 11.8 Å². The van der Waals surface area contributed by atoms with E-state index in [4.69, 9.17) is 15.2 Å². The Balaban J connectivity index is 1.92. The molecule has 2 rings (SSSR count). The lowest BCUT2D eigenvalue weighted by Gasteiger charge is -2.40. The summed E-state index contributed by atoms with van der Waals surface area (Å²) in [4.78, 5) is 24.6. The maximum Gasteiger partial charge on any atom is 0.242 e. The van der Waals surface area contributed by atoms with Crippen LogP contribution in [0.1, 0.15) is 13.3 Å². The van der Waals surface area contributed by atoms with Gasteiger partial charge in [-0.25, -0.2) is 0 Å². The van der Waals surface area contributed by atoms with Crippen molar-refractivity contribution in [2.75, 3.05) is 19.4 Å². The molecule has 4 unspecified atom stereocenters. The third-order valence-electron chi connectivity index (χ3n) is 4.86. The highest BCUT2D eigenvalue weighted by Gasteiger charge is 2.45. The number of thioether (sulfide) groups is 1. The second-order valence-electron chi connectivity index (χ2n) is 7.06. The second-order valence-corrected chi connectivity index (χ2v) is 8.30. The van der Waals surface area contributed by atoms with Crippen LogP contribution in [0.25, 0.3) is 0 Å². The molecule has 7 N–H and O–H groups in total. The zero-order valence-electron chi connectivity index (χ0n) is 15.6. The smallest absolute Gasteiger partial charge is 0.242 e. The van der Waals surface area contributed by atoms with E-state index >= 15 is 0 Å². The predicted molar refractivity (Wildman–Crippen MR) is 96.9 cm³/mol. The summed E-state index contributed by atoms with van der Waals surface area (Å²) in [7, 11) is 1.39. The fourth-order valence-corrected chi connectivity index (χ4v) is 4.18. The maximum atomic E-state index is 12.0. The highest BCUT2D eigenvalue weighted by molar-refractivity contribution is 8.00. The summed E-state index contributed by atoms with van der Waals surface area (Å²) < 4.78 is 10.8. The minimum atomic E-state index is -1.56. The quantitative estimate of drug-likeness (QED) is 0.211. The molecule has 11 nitrogen and oxygen atoms in total. The fourth-order valence-electron chi connectivity index (χ4n) is 2.92. The molecule has 0 aliphatic carbocycles. The van der Waals surface area contributed by atoms with Gasteiger partial charge in [0.15, 0.2) is 6.29 Å². The first kappa shape index (κ1) is 23.4. The van der Waals surface area contributed by atoms with E-state index in [0.29, 0.717) is 0 Å². The zero-order valence-corrected chi connectivity index (χ0v) is 16.4. The lowest BCUT2D eigenvalue weighted by atomic mass is 10.00. The van der Waals surface area contributed by atoms with Gasteiger partial charge in [0.2, 0.25) is 11.8 Å². The molecule has 0 aromatic carbocycles. The van der Waals surface area contributed by atoms with E-state index < -0.39 is 54.2 Å². The second kappa shape index (κ2) is 9.78. The van der Waals surface area contributed by atoms with Crippen LogP contribution in [0.5, 0.6) is 0 Å². The number of carbonyl (C=O) groups excluding carboxylic acids is 2. The molecule has 2 amide bonds. The first-order chi connectivity index (χ1) is 13.0. The molecule has 0 bridgehead atoms. The van der Waals surface area contributed by atoms with E-state index in [2.05, 4.69) is 0 Å². The zero-order chi connectivity index (χ0) is 21.2. The van der Waals surface area contributed by atoms with Gasteiger partial charge < -0.3 is 40.7 Å². The van der Waals surface area contributed by atoms with Crippen LogP contribution in [0.3, 0.4) is 0 Å². The summed E-state index contributed by atoms with van der Waals surface area (Å²) in [6, 6.07) is -0.967. The SMILES string of the molecule is C[C@@H](O)[C@@H](O)[C@@H](N)CO[C@H]1OC(CSC2CC(=O)N(C)C2=O)[C@H](O)C(O)C1O. The van der Waals surface area contributed by atoms with Gasteiger partial charge >= 0.3 is 0 Å². The number of ether oxygens (including phenoxy) is 2. The third kappa shape index (κ3) is 5.20. The number of likely N-dealkylation sites (tertiary alicyclic amines) is 1. The van der Waals surface area contributed by atoms with Crippen LogP contribution in [0, 0.1) is 0 Å². The van der Waals surface area contributed by atoms with Crippen molar-refractivity contribution < 1.29 is 44.6 Å². The van der Waals surface area contributed by atoms with Crippen molar-refractivity contribution in [3.05, 3.63) is 0 Å². The molecule has 2 aliphatic heterocycles. The number of amides is 2. The van der Waals surface area contributed by atoms with Gasteiger partial charge in [-0.05, 0) is 6.92 Å². The average molecular weight is 424 g/mol. The molecule has 0 saturated carbocycles. The lowest BCUT2D eigenvalue weighted by molar-refractivity contribution is -0.293. The van der Waals surface area contributed by atoms with Gasteiger partial charge in [-0.2, -0.15) is 0 Å². The van der Waals surface area contributed by atoms with Crippen molar-refractivity contribution in [3.8, 4) is 0 Å². The highest BCUT2D eigenvalue weighted by Crippen LogP contribution is 2.29. The summed E-state index contributed by atoms with van der Waals surface area (Å²) in [5, 5.41) is 48.7. The van der Waals surface area contributed by atoms with E-state index in [1.54, 1.807) is 0 Å². The Kier molecular flexibility index (Phi) is 8.19. The maximum absolute atomic E-state index is 12.0. The Hall–Kier alpha value is -0.830. The van der Waals surface area contributed by atoms with Crippen molar-refractivity contribution in [1.29, 1.82) is 0 Å². The van der Waals surface area contributed by atoms with Crippen molar-refractivity contribution in [2.45, 2.75) is 67.6 Å². The monoisotopic (exact) mass is 424 g/mol.